The molecule has 1 aliphatic heterocycles. The van der Waals surface area contributed by atoms with Crippen LogP contribution in [-0.2, 0) is 20.0 Å². The van der Waals surface area contributed by atoms with Gasteiger partial charge in [0.1, 0.15) is 17.0 Å². The van der Waals surface area contributed by atoms with E-state index in [1.165, 1.54) is 6.33 Å². The molecule has 4 aromatic rings. The average Bonchev–Trinajstić information content (AvgIpc) is 3.46. The first-order valence-electron chi connectivity index (χ1n) is 11.6. The Morgan fingerprint density at radius 3 is 2.89 bits per heavy atom. The second kappa shape index (κ2) is 8.06. The summed E-state index contributed by atoms with van der Waals surface area (Å²) in [6.07, 6.45) is -0.447. The lowest BCUT2D eigenvalue weighted by Crippen LogP contribution is -2.56. The number of aromatic nitrogens is 4. The normalized spacial score (nSPS) is 19.8. The molecule has 0 radical (unpaired) electrons. The molecular weight excluding hydrogens is 477 g/mol. The van der Waals surface area contributed by atoms with Crippen molar-refractivity contribution in [3.8, 4) is 0 Å². The van der Waals surface area contributed by atoms with E-state index in [1.54, 1.807) is 17.7 Å². The molecule has 2 aliphatic rings. The average molecular weight is 503 g/mol. The number of H-pyrrole nitrogens is 1. The summed E-state index contributed by atoms with van der Waals surface area (Å²) in [7, 11) is 1.76. The molecule has 11 heteroatoms. The van der Waals surface area contributed by atoms with Gasteiger partial charge in [-0.05, 0) is 43.0 Å². The number of alkyl halides is 3. The lowest BCUT2D eigenvalue weighted by atomic mass is 9.78. The van der Waals surface area contributed by atoms with Crippen molar-refractivity contribution in [1.29, 1.82) is 0 Å². The molecule has 2 fully saturated rings. The number of hydrogen-bond acceptors (Lipinski definition) is 6. The Morgan fingerprint density at radius 2 is 2.09 bits per heavy atom. The number of thiophene rings is 1. The predicted octanol–water partition coefficient (Wildman–Crippen LogP) is 4.12. The molecule has 6 rings (SSSR count). The van der Waals surface area contributed by atoms with Gasteiger partial charge in [0.15, 0.2) is 0 Å². The molecular formula is C24H25F3N6OS. The first-order valence-corrected chi connectivity index (χ1v) is 12.5. The molecule has 0 bridgehead atoms. The quantitative estimate of drug-likeness (QED) is 0.429. The number of rotatable bonds is 5. The van der Waals surface area contributed by atoms with Gasteiger partial charge in [-0.3, -0.25) is 4.57 Å². The summed E-state index contributed by atoms with van der Waals surface area (Å²) in [5.41, 5.74) is 2.98. The standard InChI is InChI=1S/C24H25F3N6OS/c1-32-19-6-14(2-3-18(19)31-22(32)34)10-28-15-4-5-23(8-15)11-33(12-23)20-17-7-16(9-24(25,26)27)35-21(17)30-13-29-20/h2-3,6-7,13,15,28H,4-5,8-12H2,1H3,(H,31,34)/t15-/m1/s1. The van der Waals surface area contributed by atoms with Crippen LogP contribution in [0, 0.1) is 5.41 Å². The highest BCUT2D eigenvalue weighted by molar-refractivity contribution is 7.18. The van der Waals surface area contributed by atoms with Crippen LogP contribution >= 0.6 is 11.3 Å². The summed E-state index contributed by atoms with van der Waals surface area (Å²) < 4.78 is 40.1. The molecule has 1 aromatic carbocycles. The zero-order valence-corrected chi connectivity index (χ0v) is 20.0. The van der Waals surface area contributed by atoms with Crippen molar-refractivity contribution < 1.29 is 13.2 Å². The topological polar surface area (TPSA) is 78.8 Å². The van der Waals surface area contributed by atoms with Crippen molar-refractivity contribution in [3.05, 3.63) is 51.5 Å². The van der Waals surface area contributed by atoms with Gasteiger partial charge in [0.25, 0.3) is 0 Å². The minimum Gasteiger partial charge on any atom is -0.355 e. The third kappa shape index (κ3) is 4.20. The summed E-state index contributed by atoms with van der Waals surface area (Å²) in [5, 5.41) is 4.39. The fourth-order valence-corrected chi connectivity index (χ4v) is 6.67. The van der Waals surface area contributed by atoms with Gasteiger partial charge in [0.05, 0.1) is 22.8 Å². The molecule has 1 aliphatic carbocycles. The maximum Gasteiger partial charge on any atom is 0.393 e. The molecule has 1 saturated heterocycles. The van der Waals surface area contributed by atoms with E-state index in [0.29, 0.717) is 16.3 Å². The third-order valence-corrected chi connectivity index (χ3v) is 8.40. The lowest BCUT2D eigenvalue weighted by Gasteiger charge is -2.49. The molecule has 184 valence electrons. The van der Waals surface area contributed by atoms with Gasteiger partial charge in [0, 0.05) is 43.0 Å². The number of halogens is 3. The van der Waals surface area contributed by atoms with E-state index in [9.17, 15) is 18.0 Å². The number of aromatic amines is 1. The van der Waals surface area contributed by atoms with Crippen LogP contribution in [0.15, 0.2) is 35.4 Å². The van der Waals surface area contributed by atoms with Crippen molar-refractivity contribution in [3.63, 3.8) is 0 Å². The summed E-state index contributed by atoms with van der Waals surface area (Å²) >= 11 is 1.09. The Bertz CT molecular complexity index is 1470. The fraction of sp³-hybridized carbons (Fsp3) is 0.458. The Kier molecular flexibility index (Phi) is 5.19. The van der Waals surface area contributed by atoms with E-state index in [2.05, 4.69) is 25.2 Å². The Morgan fingerprint density at radius 1 is 1.26 bits per heavy atom. The van der Waals surface area contributed by atoms with Crippen LogP contribution in [0.25, 0.3) is 21.3 Å². The van der Waals surface area contributed by atoms with E-state index >= 15 is 0 Å². The van der Waals surface area contributed by atoms with Crippen molar-refractivity contribution in [2.24, 2.45) is 12.5 Å². The summed E-state index contributed by atoms with van der Waals surface area (Å²) in [6.45, 7) is 2.46. The highest BCUT2D eigenvalue weighted by atomic mass is 32.1. The monoisotopic (exact) mass is 502 g/mol. The van der Waals surface area contributed by atoms with Crippen LogP contribution in [0.4, 0.5) is 19.0 Å². The third-order valence-electron chi connectivity index (χ3n) is 7.35. The molecule has 35 heavy (non-hydrogen) atoms. The van der Waals surface area contributed by atoms with Gasteiger partial charge in [0.2, 0.25) is 0 Å². The van der Waals surface area contributed by atoms with Crippen LogP contribution in [-0.4, -0.2) is 44.8 Å². The number of nitrogens with zero attached hydrogens (tertiary/aromatic N) is 4. The van der Waals surface area contributed by atoms with Crippen molar-refractivity contribution in [1.82, 2.24) is 24.8 Å². The predicted molar refractivity (Wildman–Crippen MR) is 130 cm³/mol. The van der Waals surface area contributed by atoms with Gasteiger partial charge in [-0.15, -0.1) is 11.3 Å². The van der Waals surface area contributed by atoms with E-state index in [1.807, 2.05) is 18.2 Å². The van der Waals surface area contributed by atoms with E-state index in [4.69, 9.17) is 0 Å². The SMILES string of the molecule is Cn1c(=O)[nH]c2ccc(CN[C@@H]3CCC4(C3)CN(c3ncnc5sc(CC(F)(F)F)cc35)C4)cc21. The maximum atomic E-state index is 12.8. The number of aryl methyl sites for hydroxylation is 1. The molecule has 2 N–H and O–H groups in total. The summed E-state index contributed by atoms with van der Waals surface area (Å²) in [5.74, 6) is 0.743. The molecule has 1 atom stereocenters. The summed E-state index contributed by atoms with van der Waals surface area (Å²) in [4.78, 5) is 26.3. The van der Waals surface area contributed by atoms with Crippen LogP contribution < -0.4 is 15.9 Å². The van der Waals surface area contributed by atoms with E-state index in [-0.39, 0.29) is 16.0 Å². The fourth-order valence-electron chi connectivity index (χ4n) is 5.65. The van der Waals surface area contributed by atoms with E-state index < -0.39 is 12.6 Å². The molecule has 4 heterocycles. The first kappa shape index (κ1) is 22.5. The van der Waals surface area contributed by atoms with Gasteiger partial charge in [-0.25, -0.2) is 14.8 Å². The molecule has 1 spiro atoms. The smallest absolute Gasteiger partial charge is 0.355 e. The maximum absolute atomic E-state index is 12.8. The zero-order chi connectivity index (χ0) is 24.4. The van der Waals surface area contributed by atoms with Gasteiger partial charge >= 0.3 is 11.9 Å². The second-order valence-electron chi connectivity index (χ2n) is 9.94. The molecule has 7 nitrogen and oxygen atoms in total. The molecule has 0 unspecified atom stereocenters. The van der Waals surface area contributed by atoms with Gasteiger partial charge < -0.3 is 15.2 Å². The van der Waals surface area contributed by atoms with Crippen molar-refractivity contribution >= 4 is 38.4 Å². The second-order valence-corrected chi connectivity index (χ2v) is 11.1. The highest BCUT2D eigenvalue weighted by Gasteiger charge is 2.48. The minimum atomic E-state index is -4.23. The molecule has 0 amide bonds. The van der Waals surface area contributed by atoms with Crippen molar-refractivity contribution in [2.45, 2.75) is 44.4 Å². The zero-order valence-electron chi connectivity index (χ0n) is 19.2. The highest BCUT2D eigenvalue weighted by Crippen LogP contribution is 2.48. The molecule has 3 aromatic heterocycles. The molecule has 1 saturated carbocycles. The Balaban J connectivity index is 1.09. The largest absolute Gasteiger partial charge is 0.393 e. The van der Waals surface area contributed by atoms with Crippen LogP contribution in [0.5, 0.6) is 0 Å². The lowest BCUT2D eigenvalue weighted by molar-refractivity contribution is -0.126. The number of fused-ring (bicyclic) bond motifs is 2. The van der Waals surface area contributed by atoms with Crippen LogP contribution in [0.1, 0.15) is 29.7 Å². The Labute approximate surface area is 203 Å². The number of hydrogen-bond donors (Lipinski definition) is 2. The van der Waals surface area contributed by atoms with Crippen molar-refractivity contribution in [2.75, 3.05) is 18.0 Å². The summed E-state index contributed by atoms with van der Waals surface area (Å²) in [6, 6.07) is 8.04. The number of anilines is 1. The van der Waals surface area contributed by atoms with E-state index in [0.717, 1.165) is 72.6 Å². The first-order chi connectivity index (χ1) is 16.7. The number of imidazole rings is 1. The minimum absolute atomic E-state index is 0.114. The van der Waals surface area contributed by atoms with Gasteiger partial charge in [-0.2, -0.15) is 13.2 Å². The number of benzene rings is 1. The van der Waals surface area contributed by atoms with Crippen LogP contribution in [0.3, 0.4) is 0 Å². The van der Waals surface area contributed by atoms with Crippen LogP contribution in [0.2, 0.25) is 0 Å². The Hall–Kier alpha value is -2.92. The number of nitrogens with one attached hydrogen (secondary N) is 2. The van der Waals surface area contributed by atoms with Gasteiger partial charge in [-0.1, -0.05) is 6.07 Å².